The number of benzene rings is 2. The highest BCUT2D eigenvalue weighted by Gasteiger charge is 2.18. The molecule has 7 heteroatoms. The fourth-order valence-corrected chi connectivity index (χ4v) is 3.12. The van der Waals surface area contributed by atoms with Gasteiger partial charge in [-0.1, -0.05) is 12.1 Å². The molecule has 158 valence electrons. The van der Waals surface area contributed by atoms with Crippen LogP contribution in [0.4, 0.5) is 14.5 Å². The summed E-state index contributed by atoms with van der Waals surface area (Å²) in [6, 6.07) is 7.50. The Balaban J connectivity index is 1.80. The average Bonchev–Trinajstić information content (AvgIpc) is 2.69. The highest BCUT2D eigenvalue weighted by atomic mass is 19.1. The molecule has 3 N–H and O–H groups in total. The summed E-state index contributed by atoms with van der Waals surface area (Å²) in [6.07, 6.45) is 1.88. The van der Waals surface area contributed by atoms with Crippen LogP contribution in [0.15, 0.2) is 30.3 Å². The molecule has 0 fully saturated rings. The predicted octanol–water partition coefficient (Wildman–Crippen LogP) is 4.56. The first-order valence-electron chi connectivity index (χ1n) is 9.61. The summed E-state index contributed by atoms with van der Waals surface area (Å²) >= 11 is 0. The van der Waals surface area contributed by atoms with Crippen molar-refractivity contribution in [3.8, 4) is 0 Å². The molecule has 0 aliphatic heterocycles. The van der Waals surface area contributed by atoms with E-state index in [9.17, 15) is 13.6 Å². The van der Waals surface area contributed by atoms with Gasteiger partial charge in [0.15, 0.2) is 0 Å². The lowest BCUT2D eigenvalue weighted by atomic mass is 10.1. The molecule has 0 aliphatic rings. The quantitative estimate of drug-likeness (QED) is 0.307. The summed E-state index contributed by atoms with van der Waals surface area (Å²) < 4.78 is 32.7. The van der Waals surface area contributed by atoms with Gasteiger partial charge in [-0.25, -0.2) is 14.3 Å². The van der Waals surface area contributed by atoms with Crippen LogP contribution in [0.5, 0.6) is 0 Å². The molecule has 0 radical (unpaired) electrons. The fourth-order valence-electron chi connectivity index (χ4n) is 3.12. The zero-order chi connectivity index (χ0) is 21.4. The van der Waals surface area contributed by atoms with Crippen molar-refractivity contribution in [1.82, 2.24) is 5.48 Å². The van der Waals surface area contributed by atoms with Crippen LogP contribution in [0.3, 0.4) is 0 Å². The van der Waals surface area contributed by atoms with Crippen LogP contribution in [0.25, 0.3) is 0 Å². The molecule has 2 aromatic carbocycles. The minimum absolute atomic E-state index is 0.235. The Kier molecular flexibility index (Phi) is 8.54. The van der Waals surface area contributed by atoms with E-state index in [2.05, 4.69) is 5.32 Å². The normalized spacial score (nSPS) is 11.9. The molecule has 2 aromatic rings. The summed E-state index contributed by atoms with van der Waals surface area (Å²) in [7, 11) is 0. The van der Waals surface area contributed by atoms with Crippen LogP contribution in [0.1, 0.15) is 41.5 Å². The van der Waals surface area contributed by atoms with Crippen molar-refractivity contribution >= 4 is 11.6 Å². The van der Waals surface area contributed by atoms with Crippen molar-refractivity contribution < 1.29 is 23.5 Å². The Morgan fingerprint density at radius 3 is 2.38 bits per heavy atom. The molecule has 0 bridgehead atoms. The van der Waals surface area contributed by atoms with Gasteiger partial charge in [0.2, 0.25) is 0 Å². The number of anilines is 1. The monoisotopic (exact) mass is 406 g/mol. The molecular formula is C22H28F2N2O3. The molecule has 5 nitrogen and oxygen atoms in total. The zero-order valence-electron chi connectivity index (χ0n) is 17.0. The van der Waals surface area contributed by atoms with Crippen LogP contribution < -0.4 is 10.8 Å². The average molecular weight is 406 g/mol. The van der Waals surface area contributed by atoms with Crippen LogP contribution in [-0.2, 0) is 16.1 Å². The molecule has 2 rings (SSSR count). The number of hydroxylamine groups is 1. The van der Waals surface area contributed by atoms with E-state index in [1.165, 1.54) is 6.07 Å². The third-order valence-corrected chi connectivity index (χ3v) is 4.73. The molecule has 0 saturated heterocycles. The minimum atomic E-state index is -0.649. The van der Waals surface area contributed by atoms with Crippen molar-refractivity contribution in [3.63, 3.8) is 0 Å². The number of carbonyl (C=O) groups is 1. The van der Waals surface area contributed by atoms with Gasteiger partial charge in [-0.05, 0) is 80.5 Å². The lowest BCUT2D eigenvalue weighted by Gasteiger charge is -2.19. The molecule has 0 aliphatic carbocycles. The standard InChI is InChI=1S/C22H28F2N2O3/c1-14-10-17(7-8-19(14)23)13-29-9-5-4-6-20(22(27)26-28)25-18-11-15(2)21(24)16(3)12-18/h7-8,10-12,20,25,28H,4-6,9,13H2,1-3H3,(H,26,27)/t20-/m1/s1. The number of unbranched alkanes of at least 4 members (excludes halogenated alkanes) is 1. The van der Waals surface area contributed by atoms with Gasteiger partial charge >= 0.3 is 0 Å². The number of rotatable bonds is 10. The molecule has 0 aromatic heterocycles. The fraction of sp³-hybridized carbons (Fsp3) is 0.409. The van der Waals surface area contributed by atoms with Gasteiger partial charge in [0, 0.05) is 12.3 Å². The van der Waals surface area contributed by atoms with Crippen LogP contribution in [0, 0.1) is 32.4 Å². The molecule has 1 atom stereocenters. The number of hydrogen-bond acceptors (Lipinski definition) is 4. The molecule has 29 heavy (non-hydrogen) atoms. The van der Waals surface area contributed by atoms with Gasteiger partial charge in [0.1, 0.15) is 17.7 Å². The summed E-state index contributed by atoms with van der Waals surface area (Å²) in [4.78, 5) is 12.0. The van der Waals surface area contributed by atoms with Crippen molar-refractivity contribution in [2.24, 2.45) is 0 Å². The molecular weight excluding hydrogens is 378 g/mol. The first kappa shape index (κ1) is 22.8. The van der Waals surface area contributed by atoms with Crippen LogP contribution in [0.2, 0.25) is 0 Å². The van der Waals surface area contributed by atoms with E-state index in [4.69, 9.17) is 9.94 Å². The largest absolute Gasteiger partial charge is 0.377 e. The highest BCUT2D eigenvalue weighted by Crippen LogP contribution is 2.20. The van der Waals surface area contributed by atoms with Gasteiger partial charge in [0.25, 0.3) is 5.91 Å². The van der Waals surface area contributed by atoms with E-state index in [0.29, 0.717) is 48.4 Å². The Hall–Kier alpha value is -2.51. The number of aryl methyl sites for hydroxylation is 3. The van der Waals surface area contributed by atoms with Gasteiger partial charge in [-0.2, -0.15) is 0 Å². The maximum Gasteiger partial charge on any atom is 0.265 e. The molecule has 0 saturated carbocycles. The van der Waals surface area contributed by atoms with Gasteiger partial charge in [0.05, 0.1) is 6.61 Å². The molecule has 0 unspecified atom stereocenters. The maximum atomic E-state index is 13.8. The van der Waals surface area contributed by atoms with E-state index in [-0.39, 0.29) is 11.6 Å². The van der Waals surface area contributed by atoms with E-state index >= 15 is 0 Å². The zero-order valence-corrected chi connectivity index (χ0v) is 17.0. The second kappa shape index (κ2) is 10.9. The second-order valence-corrected chi connectivity index (χ2v) is 7.23. The predicted molar refractivity (Wildman–Crippen MR) is 108 cm³/mol. The van der Waals surface area contributed by atoms with E-state index in [0.717, 1.165) is 12.0 Å². The maximum absolute atomic E-state index is 13.8. The number of ether oxygens (including phenoxy) is 1. The van der Waals surface area contributed by atoms with Crippen LogP contribution >= 0.6 is 0 Å². The topological polar surface area (TPSA) is 70.6 Å². The first-order valence-corrected chi connectivity index (χ1v) is 9.61. The van der Waals surface area contributed by atoms with Gasteiger partial charge < -0.3 is 10.1 Å². The third kappa shape index (κ3) is 6.80. The minimum Gasteiger partial charge on any atom is -0.377 e. The molecule has 0 spiro atoms. The first-order chi connectivity index (χ1) is 13.8. The third-order valence-electron chi connectivity index (χ3n) is 4.73. The van der Waals surface area contributed by atoms with E-state index < -0.39 is 11.9 Å². The number of nitrogens with one attached hydrogen (secondary N) is 2. The van der Waals surface area contributed by atoms with E-state index in [1.54, 1.807) is 50.5 Å². The Bertz CT molecular complexity index is 820. The molecule has 0 heterocycles. The van der Waals surface area contributed by atoms with Crippen molar-refractivity contribution in [2.45, 2.75) is 52.7 Å². The highest BCUT2D eigenvalue weighted by molar-refractivity contribution is 5.83. The Morgan fingerprint density at radius 1 is 1.07 bits per heavy atom. The van der Waals surface area contributed by atoms with Crippen molar-refractivity contribution in [1.29, 1.82) is 0 Å². The second-order valence-electron chi connectivity index (χ2n) is 7.23. The van der Waals surface area contributed by atoms with Gasteiger partial charge in [-0.15, -0.1) is 0 Å². The summed E-state index contributed by atoms with van der Waals surface area (Å²) in [6.45, 7) is 5.93. The lowest BCUT2D eigenvalue weighted by molar-refractivity contribution is -0.130. The molecule has 1 amide bonds. The number of carbonyl (C=O) groups excluding carboxylic acids is 1. The van der Waals surface area contributed by atoms with E-state index in [1.807, 2.05) is 0 Å². The smallest absolute Gasteiger partial charge is 0.265 e. The summed E-state index contributed by atoms with van der Waals surface area (Å²) in [5.74, 6) is -1.06. The van der Waals surface area contributed by atoms with Crippen molar-refractivity contribution in [2.75, 3.05) is 11.9 Å². The van der Waals surface area contributed by atoms with Crippen LogP contribution in [-0.4, -0.2) is 23.8 Å². The van der Waals surface area contributed by atoms with Crippen molar-refractivity contribution in [3.05, 3.63) is 64.2 Å². The van der Waals surface area contributed by atoms with Gasteiger partial charge in [-0.3, -0.25) is 10.0 Å². The SMILES string of the molecule is Cc1cc(COCCCC[C@@H](Nc2cc(C)c(F)c(C)c2)C(=O)NO)ccc1F. The summed E-state index contributed by atoms with van der Waals surface area (Å²) in [5.41, 5.74) is 4.76. The number of amides is 1. The Labute approximate surface area is 170 Å². The number of halogens is 2. The summed E-state index contributed by atoms with van der Waals surface area (Å²) in [5, 5.41) is 12.0. The Morgan fingerprint density at radius 2 is 1.76 bits per heavy atom. The lowest BCUT2D eigenvalue weighted by Crippen LogP contribution is -2.38. The number of hydrogen-bond donors (Lipinski definition) is 3.